The molecule has 6 rings (SSSR count). The number of H-pyrrole nitrogens is 1. The number of thiophene rings is 2. The number of pyridine rings is 2. The van der Waals surface area contributed by atoms with Gasteiger partial charge >= 0.3 is 10.1 Å². The van der Waals surface area contributed by atoms with Crippen LogP contribution in [0.2, 0.25) is 5.02 Å². The van der Waals surface area contributed by atoms with Gasteiger partial charge in [-0.05, 0) is 74.4 Å². The predicted octanol–water partition coefficient (Wildman–Crippen LogP) is 7.54. The monoisotopic (exact) mass is 682 g/mol. The van der Waals surface area contributed by atoms with Crippen molar-refractivity contribution in [3.63, 3.8) is 0 Å². The maximum Gasteiger partial charge on any atom is 0.304 e. The van der Waals surface area contributed by atoms with Gasteiger partial charge in [0.1, 0.15) is 5.76 Å². The zero-order valence-corrected chi connectivity index (χ0v) is 28.2. The van der Waals surface area contributed by atoms with E-state index in [0.29, 0.717) is 34.8 Å². The number of halogens is 1. The SMILES string of the molecule is CCc1cc2[nH]c(=O)cc(Cc3ccc(-c4cc(C)sc4S(=O)(=O)O)c(Cl)c3)c2c(Cc2cccs2)n1.Cc1onc(N)c1C. The Hall–Kier alpha value is -3.81. The Labute approximate surface area is 273 Å². The second-order valence-corrected chi connectivity index (χ2v) is 14.8. The van der Waals surface area contributed by atoms with E-state index in [9.17, 15) is 17.8 Å². The summed E-state index contributed by atoms with van der Waals surface area (Å²) in [5.41, 5.74) is 11.3. The van der Waals surface area contributed by atoms with Crippen molar-refractivity contribution in [2.45, 2.75) is 51.2 Å². The highest BCUT2D eigenvalue weighted by Crippen LogP contribution is 2.39. The van der Waals surface area contributed by atoms with Crippen molar-refractivity contribution < 1.29 is 17.5 Å². The van der Waals surface area contributed by atoms with Gasteiger partial charge in [0, 0.05) is 55.0 Å². The highest BCUT2D eigenvalue weighted by molar-refractivity contribution is 7.88. The van der Waals surface area contributed by atoms with Crippen LogP contribution in [-0.2, 0) is 29.4 Å². The van der Waals surface area contributed by atoms with Gasteiger partial charge in [0.15, 0.2) is 10.0 Å². The highest BCUT2D eigenvalue weighted by atomic mass is 35.5. The van der Waals surface area contributed by atoms with E-state index in [-0.39, 0.29) is 9.77 Å². The number of aryl methyl sites for hydroxylation is 3. The van der Waals surface area contributed by atoms with Crippen molar-refractivity contribution in [3.8, 4) is 11.1 Å². The van der Waals surface area contributed by atoms with Gasteiger partial charge in [0.2, 0.25) is 5.56 Å². The molecule has 0 unspecified atom stereocenters. The third kappa shape index (κ3) is 7.37. The lowest BCUT2D eigenvalue weighted by Crippen LogP contribution is -2.10. The number of benzene rings is 1. The molecule has 0 aliphatic rings. The van der Waals surface area contributed by atoms with Crippen molar-refractivity contribution in [2.75, 3.05) is 5.73 Å². The Bertz CT molecular complexity index is 2150. The first kappa shape index (κ1) is 32.6. The van der Waals surface area contributed by atoms with Crippen LogP contribution in [0, 0.1) is 20.8 Å². The summed E-state index contributed by atoms with van der Waals surface area (Å²) in [7, 11) is -4.38. The lowest BCUT2D eigenvalue weighted by Gasteiger charge is -2.13. The predicted molar refractivity (Wildman–Crippen MR) is 181 cm³/mol. The van der Waals surface area contributed by atoms with Crippen LogP contribution in [0.5, 0.6) is 0 Å². The summed E-state index contributed by atoms with van der Waals surface area (Å²) in [6, 6.07) is 14.7. The van der Waals surface area contributed by atoms with Crippen LogP contribution in [0.3, 0.4) is 0 Å². The van der Waals surface area contributed by atoms with E-state index >= 15 is 0 Å². The number of aromatic nitrogens is 3. The van der Waals surface area contributed by atoms with E-state index in [0.717, 1.165) is 67.4 Å². The van der Waals surface area contributed by atoms with Gasteiger partial charge in [0.05, 0.1) is 11.2 Å². The van der Waals surface area contributed by atoms with E-state index in [1.165, 1.54) is 4.88 Å². The lowest BCUT2D eigenvalue weighted by atomic mass is 9.97. The number of nitrogen functional groups attached to an aromatic ring is 1. The zero-order valence-electron chi connectivity index (χ0n) is 25.0. The quantitative estimate of drug-likeness (QED) is 0.146. The van der Waals surface area contributed by atoms with E-state index in [1.54, 1.807) is 42.5 Å². The Morgan fingerprint density at radius 3 is 2.42 bits per heavy atom. The lowest BCUT2D eigenvalue weighted by molar-refractivity contribution is 0.399. The first-order valence-electron chi connectivity index (χ1n) is 14.0. The second kappa shape index (κ2) is 13.3. The minimum atomic E-state index is -4.38. The number of nitrogens with one attached hydrogen (secondary N) is 1. The molecular formula is C32H31ClN4O5S3. The molecule has 9 nitrogen and oxygen atoms in total. The van der Waals surface area contributed by atoms with E-state index in [1.807, 2.05) is 44.4 Å². The number of hydrogen-bond donors (Lipinski definition) is 3. The Morgan fingerprint density at radius 2 is 1.84 bits per heavy atom. The molecule has 0 aliphatic heterocycles. The molecule has 1 aromatic carbocycles. The molecule has 5 aromatic heterocycles. The van der Waals surface area contributed by atoms with Crippen LogP contribution < -0.4 is 11.3 Å². The van der Waals surface area contributed by atoms with Crippen molar-refractivity contribution in [2.24, 2.45) is 0 Å². The third-order valence-electron chi connectivity index (χ3n) is 7.28. The van der Waals surface area contributed by atoms with Gasteiger partial charge in [0.25, 0.3) is 0 Å². The molecule has 45 heavy (non-hydrogen) atoms. The van der Waals surface area contributed by atoms with Gasteiger partial charge in [-0.1, -0.05) is 41.9 Å². The van der Waals surface area contributed by atoms with Gasteiger partial charge in [-0.25, -0.2) is 0 Å². The number of nitrogens with two attached hydrogens (primary N) is 1. The first-order valence-corrected chi connectivity index (χ1v) is 17.5. The smallest absolute Gasteiger partial charge is 0.304 e. The fourth-order valence-corrected chi connectivity index (χ4v) is 7.98. The molecule has 0 aliphatic carbocycles. The van der Waals surface area contributed by atoms with Crippen molar-refractivity contribution in [3.05, 3.63) is 113 Å². The van der Waals surface area contributed by atoms with Crippen molar-refractivity contribution >= 4 is 61.1 Å². The Balaban J connectivity index is 0.000000436. The van der Waals surface area contributed by atoms with E-state index < -0.39 is 10.1 Å². The molecule has 0 saturated heterocycles. The zero-order chi connectivity index (χ0) is 32.5. The number of anilines is 1. The first-order chi connectivity index (χ1) is 21.3. The van der Waals surface area contributed by atoms with Crippen LogP contribution in [0.1, 0.15) is 50.5 Å². The molecule has 234 valence electrons. The molecule has 0 radical (unpaired) electrons. The summed E-state index contributed by atoms with van der Waals surface area (Å²) < 4.78 is 38.0. The molecule has 4 N–H and O–H groups in total. The standard InChI is InChI=1S/C27H23ClN2O4S3.C5H8N2O/c1-3-18-13-23-26(24(29-18)14-19-5-4-8-35-19)17(12-25(31)30-23)10-16-6-7-20(22(28)11-16)21-9-15(2)36-27(21)37(32,33)34;1-3-4(2)8-7-5(3)6/h4-9,11-13H,3,10,14H2,1-2H3,(H,30,31)(H,32,33,34);1-2H3,(H2,6,7). The summed E-state index contributed by atoms with van der Waals surface area (Å²) >= 11 is 9.30. The molecule has 0 bridgehead atoms. The van der Waals surface area contributed by atoms with Crippen molar-refractivity contribution in [1.29, 1.82) is 0 Å². The van der Waals surface area contributed by atoms with Gasteiger partial charge in [-0.3, -0.25) is 14.3 Å². The average molecular weight is 683 g/mol. The van der Waals surface area contributed by atoms with E-state index in [2.05, 4.69) is 16.2 Å². The van der Waals surface area contributed by atoms with Gasteiger partial charge in [-0.2, -0.15) is 8.42 Å². The van der Waals surface area contributed by atoms with Gasteiger partial charge in [-0.15, -0.1) is 22.7 Å². The number of hydrogen-bond acceptors (Lipinski definition) is 9. The molecule has 0 amide bonds. The molecule has 0 saturated carbocycles. The molecule has 0 spiro atoms. The minimum absolute atomic E-state index is 0.128. The highest BCUT2D eigenvalue weighted by Gasteiger charge is 2.22. The molecule has 0 fully saturated rings. The van der Waals surface area contributed by atoms with Gasteiger partial charge < -0.3 is 15.2 Å². The average Bonchev–Trinajstić information content (AvgIpc) is 3.71. The molecule has 6 aromatic rings. The summed E-state index contributed by atoms with van der Waals surface area (Å²) in [6.45, 7) is 7.52. The van der Waals surface area contributed by atoms with Crippen LogP contribution in [0.25, 0.3) is 22.0 Å². The molecular weight excluding hydrogens is 652 g/mol. The van der Waals surface area contributed by atoms with Crippen LogP contribution in [-0.4, -0.2) is 28.1 Å². The normalized spacial score (nSPS) is 11.5. The fourth-order valence-electron chi connectivity index (χ4n) is 4.95. The largest absolute Gasteiger partial charge is 0.381 e. The molecule has 0 atom stereocenters. The number of rotatable bonds is 7. The summed E-state index contributed by atoms with van der Waals surface area (Å²) in [6.07, 6.45) is 1.86. The Morgan fingerprint density at radius 1 is 1.07 bits per heavy atom. The van der Waals surface area contributed by atoms with Crippen LogP contribution in [0.4, 0.5) is 5.82 Å². The molecule has 5 heterocycles. The number of aromatic amines is 1. The summed E-state index contributed by atoms with van der Waals surface area (Å²) in [5.74, 6) is 1.28. The number of nitrogens with zero attached hydrogens (tertiary/aromatic N) is 2. The maximum absolute atomic E-state index is 12.6. The molecule has 13 heteroatoms. The topological polar surface area (TPSA) is 152 Å². The second-order valence-electron chi connectivity index (χ2n) is 10.5. The van der Waals surface area contributed by atoms with E-state index in [4.69, 9.17) is 26.8 Å². The maximum atomic E-state index is 12.6. The Kier molecular flexibility index (Phi) is 9.61. The summed E-state index contributed by atoms with van der Waals surface area (Å²) in [4.78, 5) is 22.4. The van der Waals surface area contributed by atoms with Crippen LogP contribution >= 0.6 is 34.3 Å². The minimum Gasteiger partial charge on any atom is -0.381 e. The van der Waals surface area contributed by atoms with Crippen LogP contribution in [0.15, 0.2) is 67.4 Å². The van der Waals surface area contributed by atoms with Crippen molar-refractivity contribution in [1.82, 2.24) is 15.1 Å². The third-order valence-corrected chi connectivity index (χ3v) is 10.9. The number of fused-ring (bicyclic) bond motifs is 1. The summed E-state index contributed by atoms with van der Waals surface area (Å²) in [5, 5.41) is 6.84. The fraction of sp³-hybridized carbons (Fsp3) is 0.219.